The third-order valence-corrected chi connectivity index (χ3v) is 3.60. The van der Waals surface area contributed by atoms with Crippen LogP contribution in [0.1, 0.15) is 23.2 Å². The molecule has 6 nitrogen and oxygen atoms in total. The Morgan fingerprint density at radius 1 is 1.45 bits per heavy atom. The van der Waals surface area contributed by atoms with Gasteiger partial charge in [0.25, 0.3) is 11.8 Å². The highest BCUT2D eigenvalue weighted by Gasteiger charge is 2.48. The van der Waals surface area contributed by atoms with Gasteiger partial charge in [-0.15, -0.1) is 0 Å². The molecule has 108 valence electrons. The number of nitrogens with zero attached hydrogens (tertiary/aromatic N) is 1. The van der Waals surface area contributed by atoms with E-state index < -0.39 is 11.4 Å². The highest BCUT2D eigenvalue weighted by Crippen LogP contribution is 2.41. The van der Waals surface area contributed by atoms with E-state index in [1.54, 1.807) is 36.2 Å². The van der Waals surface area contributed by atoms with Gasteiger partial charge in [0.15, 0.2) is 6.61 Å². The molecule has 0 atom stereocenters. The Hall–Kier alpha value is -2.08. The number of carbonyl (C=O) groups is 2. The van der Waals surface area contributed by atoms with Gasteiger partial charge in [0.1, 0.15) is 5.75 Å². The first kappa shape index (κ1) is 14.3. The van der Waals surface area contributed by atoms with Crippen molar-refractivity contribution in [1.82, 2.24) is 4.90 Å². The molecule has 2 rings (SSSR count). The number of hydrogen-bond donors (Lipinski definition) is 2. The molecule has 0 unspecified atom stereocenters. The van der Waals surface area contributed by atoms with Crippen molar-refractivity contribution < 1.29 is 19.4 Å². The second-order valence-corrected chi connectivity index (χ2v) is 5.03. The Morgan fingerprint density at radius 3 is 2.70 bits per heavy atom. The lowest BCUT2D eigenvalue weighted by atomic mass is 10.1. The zero-order valence-electron chi connectivity index (χ0n) is 11.3. The number of carbonyl (C=O) groups excluding carboxylic acids is 2. The van der Waals surface area contributed by atoms with E-state index in [9.17, 15) is 14.7 Å². The number of likely N-dealkylation sites (N-methyl/N-ethyl adjacent to an activating group) is 1. The van der Waals surface area contributed by atoms with Crippen LogP contribution in [0.15, 0.2) is 24.3 Å². The van der Waals surface area contributed by atoms with Crippen LogP contribution in [0.25, 0.3) is 0 Å². The third kappa shape index (κ3) is 2.91. The molecule has 0 aliphatic heterocycles. The summed E-state index contributed by atoms with van der Waals surface area (Å²) in [6, 6.07) is 6.56. The van der Waals surface area contributed by atoms with Crippen molar-refractivity contribution >= 4 is 11.8 Å². The fraction of sp³-hybridized carbons (Fsp3) is 0.429. The standard InChI is InChI=1S/C14H18N2O4/c1-16(14(9-17)5-6-14)13(19)10-3-2-4-11(7-10)20-8-12(15)18/h2-4,7,17H,5-6,8-9H2,1H3,(H2,15,18). The maximum atomic E-state index is 12.3. The molecule has 0 radical (unpaired) electrons. The summed E-state index contributed by atoms with van der Waals surface area (Å²) >= 11 is 0. The summed E-state index contributed by atoms with van der Waals surface area (Å²) in [7, 11) is 1.68. The molecule has 3 N–H and O–H groups in total. The molecular weight excluding hydrogens is 260 g/mol. The van der Waals surface area contributed by atoms with Crippen molar-refractivity contribution in [2.45, 2.75) is 18.4 Å². The second-order valence-electron chi connectivity index (χ2n) is 5.03. The normalized spacial score (nSPS) is 15.5. The zero-order valence-corrected chi connectivity index (χ0v) is 11.3. The van der Waals surface area contributed by atoms with E-state index in [2.05, 4.69) is 0 Å². The van der Waals surface area contributed by atoms with E-state index in [1.807, 2.05) is 0 Å². The lowest BCUT2D eigenvalue weighted by molar-refractivity contribution is -0.119. The number of benzene rings is 1. The van der Waals surface area contributed by atoms with E-state index in [-0.39, 0.29) is 19.1 Å². The maximum Gasteiger partial charge on any atom is 0.255 e. The van der Waals surface area contributed by atoms with Crippen molar-refractivity contribution in [1.29, 1.82) is 0 Å². The van der Waals surface area contributed by atoms with Crippen molar-refractivity contribution in [3.63, 3.8) is 0 Å². The Bertz CT molecular complexity index is 526. The highest BCUT2D eigenvalue weighted by molar-refractivity contribution is 5.95. The number of primary amides is 1. The average molecular weight is 278 g/mol. The molecular formula is C14H18N2O4. The lowest BCUT2D eigenvalue weighted by Gasteiger charge is -2.26. The predicted molar refractivity (Wildman–Crippen MR) is 72.3 cm³/mol. The van der Waals surface area contributed by atoms with Crippen LogP contribution in [0.2, 0.25) is 0 Å². The largest absolute Gasteiger partial charge is 0.484 e. The molecule has 20 heavy (non-hydrogen) atoms. The van der Waals surface area contributed by atoms with Crippen LogP contribution >= 0.6 is 0 Å². The summed E-state index contributed by atoms with van der Waals surface area (Å²) in [5.41, 5.74) is 5.04. The molecule has 1 aliphatic rings. The smallest absolute Gasteiger partial charge is 0.255 e. The van der Waals surface area contributed by atoms with Crippen molar-refractivity contribution in [2.75, 3.05) is 20.3 Å². The predicted octanol–water partition coefficient (Wildman–Crippen LogP) is 0.148. The fourth-order valence-corrected chi connectivity index (χ4v) is 2.03. The van der Waals surface area contributed by atoms with E-state index in [4.69, 9.17) is 10.5 Å². The quantitative estimate of drug-likeness (QED) is 0.774. The fourth-order valence-electron chi connectivity index (χ4n) is 2.03. The monoisotopic (exact) mass is 278 g/mol. The Balaban J connectivity index is 2.10. The molecule has 1 saturated carbocycles. The summed E-state index contributed by atoms with van der Waals surface area (Å²) in [5.74, 6) is -0.339. The maximum absolute atomic E-state index is 12.3. The first-order valence-electron chi connectivity index (χ1n) is 6.39. The van der Waals surface area contributed by atoms with Gasteiger partial charge in [-0.05, 0) is 31.0 Å². The number of aliphatic hydroxyl groups excluding tert-OH is 1. The summed E-state index contributed by atoms with van der Waals surface area (Å²) in [4.78, 5) is 24.6. The van der Waals surface area contributed by atoms with Gasteiger partial charge in [-0.25, -0.2) is 0 Å². The van der Waals surface area contributed by atoms with Crippen LogP contribution in [-0.2, 0) is 4.79 Å². The van der Waals surface area contributed by atoms with Gasteiger partial charge < -0.3 is 20.5 Å². The van der Waals surface area contributed by atoms with E-state index in [1.165, 1.54) is 0 Å². The summed E-state index contributed by atoms with van der Waals surface area (Å²) in [6.07, 6.45) is 1.62. The van der Waals surface area contributed by atoms with Gasteiger partial charge in [-0.3, -0.25) is 9.59 Å². The molecule has 0 spiro atoms. The highest BCUT2D eigenvalue weighted by atomic mass is 16.5. The van der Waals surface area contributed by atoms with Gasteiger partial charge in [-0.2, -0.15) is 0 Å². The molecule has 1 aromatic carbocycles. The van der Waals surface area contributed by atoms with Crippen LogP contribution in [-0.4, -0.2) is 47.6 Å². The number of rotatable bonds is 6. The summed E-state index contributed by atoms with van der Waals surface area (Å²) < 4.78 is 5.17. The van der Waals surface area contributed by atoms with Crippen LogP contribution in [0.3, 0.4) is 0 Å². The summed E-state index contributed by atoms with van der Waals surface area (Å²) in [5, 5.41) is 9.35. The molecule has 1 fully saturated rings. The average Bonchev–Trinajstić information content (AvgIpc) is 3.25. The molecule has 0 bridgehead atoms. The molecule has 6 heteroatoms. The van der Waals surface area contributed by atoms with E-state index in [0.717, 1.165) is 12.8 Å². The van der Waals surface area contributed by atoms with Crippen molar-refractivity contribution in [3.05, 3.63) is 29.8 Å². The zero-order chi connectivity index (χ0) is 14.8. The van der Waals surface area contributed by atoms with Crippen LogP contribution in [0, 0.1) is 0 Å². The molecule has 1 aliphatic carbocycles. The van der Waals surface area contributed by atoms with Gasteiger partial charge >= 0.3 is 0 Å². The Labute approximate surface area is 117 Å². The SMILES string of the molecule is CN(C(=O)c1cccc(OCC(N)=O)c1)C1(CO)CC1. The Morgan fingerprint density at radius 2 is 2.15 bits per heavy atom. The first-order valence-corrected chi connectivity index (χ1v) is 6.39. The van der Waals surface area contributed by atoms with Crippen molar-refractivity contribution in [2.24, 2.45) is 5.73 Å². The van der Waals surface area contributed by atoms with E-state index in [0.29, 0.717) is 11.3 Å². The molecule has 2 amide bonds. The molecule has 0 aromatic heterocycles. The topological polar surface area (TPSA) is 92.9 Å². The number of hydrogen-bond acceptors (Lipinski definition) is 4. The minimum atomic E-state index is -0.573. The van der Waals surface area contributed by atoms with Gasteiger partial charge in [0, 0.05) is 12.6 Å². The number of ether oxygens (including phenoxy) is 1. The minimum absolute atomic E-state index is 0.0346. The van der Waals surface area contributed by atoms with Crippen LogP contribution in [0.5, 0.6) is 5.75 Å². The minimum Gasteiger partial charge on any atom is -0.484 e. The van der Waals surface area contributed by atoms with Gasteiger partial charge in [-0.1, -0.05) is 6.07 Å². The Kier molecular flexibility index (Phi) is 3.94. The van der Waals surface area contributed by atoms with Gasteiger partial charge in [0.2, 0.25) is 0 Å². The van der Waals surface area contributed by atoms with Crippen molar-refractivity contribution in [3.8, 4) is 5.75 Å². The number of amides is 2. The molecule has 0 heterocycles. The van der Waals surface area contributed by atoms with Gasteiger partial charge in [0.05, 0.1) is 12.1 Å². The third-order valence-electron chi connectivity index (χ3n) is 3.60. The summed E-state index contributed by atoms with van der Waals surface area (Å²) in [6.45, 7) is -0.263. The van der Waals surface area contributed by atoms with Crippen LogP contribution < -0.4 is 10.5 Å². The molecule has 1 aromatic rings. The van der Waals surface area contributed by atoms with E-state index >= 15 is 0 Å². The molecule has 0 saturated heterocycles. The lowest BCUT2D eigenvalue weighted by Crippen LogP contribution is -2.41. The number of nitrogens with two attached hydrogens (primary N) is 1. The first-order chi connectivity index (χ1) is 9.48. The van der Waals surface area contributed by atoms with Crippen LogP contribution in [0.4, 0.5) is 0 Å². The number of aliphatic hydroxyl groups is 1. The second kappa shape index (κ2) is 5.50.